The van der Waals surface area contributed by atoms with Gasteiger partial charge in [-0.2, -0.15) is 10.4 Å². The smallest absolute Gasteiger partial charge is 0.302 e. The van der Waals surface area contributed by atoms with Crippen molar-refractivity contribution in [1.82, 2.24) is 20.2 Å². The van der Waals surface area contributed by atoms with Crippen LogP contribution in [0.15, 0.2) is 18.5 Å². The van der Waals surface area contributed by atoms with Gasteiger partial charge >= 0.3 is 5.97 Å². The minimum absolute atomic E-state index is 0.0124. The van der Waals surface area contributed by atoms with Crippen LogP contribution in [0.2, 0.25) is 0 Å². The maximum atomic E-state index is 11.0. The van der Waals surface area contributed by atoms with Gasteiger partial charge in [-0.05, 0) is 37.5 Å². The summed E-state index contributed by atoms with van der Waals surface area (Å²) in [7, 11) is 0. The van der Waals surface area contributed by atoms with Crippen molar-refractivity contribution < 1.29 is 9.53 Å². The lowest BCUT2D eigenvalue weighted by atomic mass is 9.94. The molecule has 0 radical (unpaired) electrons. The second-order valence-electron chi connectivity index (χ2n) is 8.74. The van der Waals surface area contributed by atoms with Gasteiger partial charge in [0.05, 0.1) is 12.4 Å². The first-order valence-electron chi connectivity index (χ1n) is 11.6. The molecule has 1 saturated carbocycles. The summed E-state index contributed by atoms with van der Waals surface area (Å²) in [5.74, 6) is 3.08. The van der Waals surface area contributed by atoms with Crippen LogP contribution in [0.25, 0.3) is 0 Å². The molecule has 8 nitrogen and oxygen atoms in total. The third-order valence-electron chi connectivity index (χ3n) is 5.98. The number of nitriles is 1. The number of aromatic amines is 1. The van der Waals surface area contributed by atoms with Gasteiger partial charge in [-0.15, -0.1) is 0 Å². The van der Waals surface area contributed by atoms with Gasteiger partial charge in [-0.3, -0.25) is 9.89 Å². The number of hydrogen-bond donors (Lipinski definition) is 2. The average molecular weight is 441 g/mol. The van der Waals surface area contributed by atoms with Crippen LogP contribution >= 0.6 is 0 Å². The van der Waals surface area contributed by atoms with Crippen molar-refractivity contribution in [3.05, 3.63) is 29.8 Å². The Morgan fingerprint density at radius 3 is 2.50 bits per heavy atom. The summed E-state index contributed by atoms with van der Waals surface area (Å²) in [4.78, 5) is 19.0. The predicted molar refractivity (Wildman–Crippen MR) is 124 cm³/mol. The number of hydrogen-bond acceptors (Lipinski definition) is 7. The summed E-state index contributed by atoms with van der Waals surface area (Å²) in [6.45, 7) is 10.7. The molecular weight excluding hydrogens is 404 g/mol. The minimum atomic E-state index is -0.234. The van der Waals surface area contributed by atoms with Crippen LogP contribution in [0.5, 0.6) is 0 Å². The number of rotatable bonds is 8. The fourth-order valence-electron chi connectivity index (χ4n) is 3.78. The molecule has 32 heavy (non-hydrogen) atoms. The van der Waals surface area contributed by atoms with E-state index in [0.717, 1.165) is 36.8 Å². The van der Waals surface area contributed by atoms with E-state index in [1.807, 2.05) is 12.1 Å². The summed E-state index contributed by atoms with van der Waals surface area (Å²) in [5, 5.41) is 18.9. The highest BCUT2D eigenvalue weighted by molar-refractivity contribution is 5.66. The van der Waals surface area contributed by atoms with Crippen molar-refractivity contribution in [1.29, 1.82) is 5.26 Å². The van der Waals surface area contributed by atoms with E-state index >= 15 is 0 Å². The molecule has 174 valence electrons. The number of ether oxygens (including phenoxy) is 1. The molecule has 1 aliphatic carbocycles. The highest BCUT2D eigenvalue weighted by atomic mass is 16.5. The third-order valence-corrected chi connectivity index (χ3v) is 5.98. The molecule has 0 amide bonds. The summed E-state index contributed by atoms with van der Waals surface area (Å²) < 4.78 is 5.25. The standard InChI is InChI=1S/C15H16N6O2.C9H20/c1-9(22)23-12-3-2-10(4-12)13-5-14(21-20-13)19-15-8-17-11(6-16)7-18-15;1-5-8(3)7-9(4)6-2/h5,7-8,10,12H,2-4H2,1H3,(H2,18,19,20,21);8-9H,5-7H2,1-4H3. The molecule has 0 aliphatic heterocycles. The Morgan fingerprint density at radius 2 is 1.94 bits per heavy atom. The van der Waals surface area contributed by atoms with Crippen LogP contribution in [-0.2, 0) is 9.53 Å². The molecule has 0 spiro atoms. The van der Waals surface area contributed by atoms with Crippen molar-refractivity contribution in [2.75, 3.05) is 5.32 Å². The molecule has 2 aromatic rings. The van der Waals surface area contributed by atoms with Gasteiger partial charge < -0.3 is 10.1 Å². The summed E-state index contributed by atoms with van der Waals surface area (Å²) in [5.41, 5.74) is 1.27. The Bertz CT molecular complexity index is 865. The van der Waals surface area contributed by atoms with E-state index in [2.05, 4.69) is 53.2 Å². The molecule has 0 saturated heterocycles. The SMILES string of the molecule is CC(=O)OC1CCC(c2cc(Nc3cnc(C#N)cn3)n[nH]2)C1.CCC(C)CC(C)CC. The lowest BCUT2D eigenvalue weighted by Crippen LogP contribution is -2.12. The molecule has 1 aliphatic rings. The van der Waals surface area contributed by atoms with E-state index in [0.29, 0.717) is 17.6 Å². The van der Waals surface area contributed by atoms with Crippen LogP contribution in [0.3, 0.4) is 0 Å². The lowest BCUT2D eigenvalue weighted by molar-refractivity contribution is -0.145. The van der Waals surface area contributed by atoms with Gasteiger partial charge in [0.1, 0.15) is 18.0 Å². The third kappa shape index (κ3) is 8.29. The second kappa shape index (κ2) is 12.8. The molecule has 0 aromatic carbocycles. The van der Waals surface area contributed by atoms with Crippen molar-refractivity contribution >= 4 is 17.6 Å². The second-order valence-corrected chi connectivity index (χ2v) is 8.74. The van der Waals surface area contributed by atoms with Crippen LogP contribution in [-0.4, -0.2) is 32.2 Å². The van der Waals surface area contributed by atoms with Crippen molar-refractivity contribution in [3.63, 3.8) is 0 Å². The Kier molecular flexibility index (Phi) is 10.1. The van der Waals surface area contributed by atoms with E-state index < -0.39 is 0 Å². The number of esters is 1. The largest absolute Gasteiger partial charge is 0.463 e. The molecule has 1 fully saturated rings. The van der Waals surface area contributed by atoms with Crippen molar-refractivity contribution in [2.45, 2.75) is 85.2 Å². The van der Waals surface area contributed by atoms with Gasteiger partial charge in [0.25, 0.3) is 0 Å². The van der Waals surface area contributed by atoms with Gasteiger partial charge in [-0.25, -0.2) is 9.97 Å². The predicted octanol–water partition coefficient (Wildman–Crippen LogP) is 5.48. The quantitative estimate of drug-likeness (QED) is 0.522. The molecular formula is C24H36N6O2. The molecule has 2 heterocycles. The number of nitrogens with zero attached hydrogens (tertiary/aromatic N) is 4. The Morgan fingerprint density at radius 1 is 1.22 bits per heavy atom. The number of H-pyrrole nitrogens is 1. The van der Waals surface area contributed by atoms with Gasteiger partial charge in [0.2, 0.25) is 0 Å². The Labute approximate surface area is 191 Å². The fourth-order valence-corrected chi connectivity index (χ4v) is 3.78. The Balaban J connectivity index is 0.000000344. The first-order valence-corrected chi connectivity index (χ1v) is 11.6. The maximum Gasteiger partial charge on any atom is 0.302 e. The molecule has 3 rings (SSSR count). The molecule has 8 heteroatoms. The van der Waals surface area contributed by atoms with Crippen LogP contribution in [0.4, 0.5) is 11.6 Å². The first kappa shape index (κ1) is 25.3. The number of carbonyl (C=O) groups excluding carboxylic acids is 1. The van der Waals surface area contributed by atoms with Crippen molar-refractivity contribution in [2.24, 2.45) is 11.8 Å². The van der Waals surface area contributed by atoms with E-state index in [-0.39, 0.29) is 17.8 Å². The average Bonchev–Trinajstić information content (AvgIpc) is 3.43. The molecule has 2 aromatic heterocycles. The Hall–Kier alpha value is -2.95. The van der Waals surface area contributed by atoms with E-state index in [4.69, 9.17) is 10.00 Å². The fraction of sp³-hybridized carbons (Fsp3) is 0.625. The first-order chi connectivity index (χ1) is 15.3. The van der Waals surface area contributed by atoms with Crippen LogP contribution in [0, 0.1) is 23.2 Å². The van der Waals surface area contributed by atoms with E-state index in [9.17, 15) is 4.79 Å². The van der Waals surface area contributed by atoms with Gasteiger partial charge in [0.15, 0.2) is 11.5 Å². The number of carbonyl (C=O) groups is 1. The zero-order valence-corrected chi connectivity index (χ0v) is 19.9. The topological polar surface area (TPSA) is 117 Å². The zero-order valence-electron chi connectivity index (χ0n) is 19.9. The lowest BCUT2D eigenvalue weighted by Gasteiger charge is -2.12. The number of aromatic nitrogens is 4. The normalized spacial score (nSPS) is 19.2. The van der Waals surface area contributed by atoms with Crippen molar-refractivity contribution in [3.8, 4) is 6.07 Å². The highest BCUT2D eigenvalue weighted by Crippen LogP contribution is 2.36. The van der Waals surface area contributed by atoms with E-state index in [1.54, 1.807) is 0 Å². The number of nitrogens with one attached hydrogen (secondary N) is 2. The summed E-state index contributed by atoms with van der Waals surface area (Å²) >= 11 is 0. The highest BCUT2D eigenvalue weighted by Gasteiger charge is 2.29. The number of anilines is 2. The molecule has 2 N–H and O–H groups in total. The van der Waals surface area contributed by atoms with Gasteiger partial charge in [0, 0.05) is 24.6 Å². The van der Waals surface area contributed by atoms with Gasteiger partial charge in [-0.1, -0.05) is 40.5 Å². The molecule has 0 bridgehead atoms. The minimum Gasteiger partial charge on any atom is -0.463 e. The van der Waals surface area contributed by atoms with Crippen LogP contribution < -0.4 is 5.32 Å². The molecule has 4 unspecified atom stereocenters. The monoisotopic (exact) mass is 440 g/mol. The summed E-state index contributed by atoms with van der Waals surface area (Å²) in [6.07, 6.45) is 9.58. The van der Waals surface area contributed by atoms with E-state index in [1.165, 1.54) is 38.6 Å². The van der Waals surface area contributed by atoms with Crippen LogP contribution in [0.1, 0.15) is 90.4 Å². The zero-order chi connectivity index (χ0) is 23.5. The maximum absolute atomic E-state index is 11.0. The summed E-state index contributed by atoms with van der Waals surface area (Å²) in [6, 6.07) is 3.84. The molecule has 4 atom stereocenters.